The molecule has 0 aliphatic heterocycles. The third-order valence-corrected chi connectivity index (χ3v) is 14.5. The molecule has 2 unspecified atom stereocenters. The van der Waals surface area contributed by atoms with E-state index in [1.165, 1.54) is 81.8 Å². The summed E-state index contributed by atoms with van der Waals surface area (Å²) in [6.45, 7) is 8.62. The molecule has 5 aromatic carbocycles. The van der Waals surface area contributed by atoms with Crippen molar-refractivity contribution < 1.29 is 4.39 Å². The zero-order valence-electron chi connectivity index (χ0n) is 42.3. The van der Waals surface area contributed by atoms with Crippen LogP contribution in [0.3, 0.4) is 0 Å². The molecule has 0 heterocycles. The van der Waals surface area contributed by atoms with Crippen molar-refractivity contribution in [3.05, 3.63) is 196 Å². The number of halogens is 2. The van der Waals surface area contributed by atoms with Crippen LogP contribution in [0.15, 0.2) is 157 Å². The van der Waals surface area contributed by atoms with Gasteiger partial charge in [-0.05, 0) is 153 Å². The maximum Gasteiger partial charge on any atom is 0.131 e. The lowest BCUT2D eigenvalue weighted by atomic mass is 9.70. The van der Waals surface area contributed by atoms with E-state index in [9.17, 15) is 0 Å². The molecular weight excluding hydrogens is 873 g/mol. The zero-order chi connectivity index (χ0) is 49.0. The standard InChI is InChI=1S/C67H73ClFN/c1-5-7-9-11-12-13-14-15-16-17-18-19-21-23-28-54-37-44-60(64(69)50-54)56-40-34-53(35-41-56)36-42-57-43-45-61-62(66(57)68)47-46-59(55-38-32-52(33-39-55)27-22-20-10-8-6-2)63(61)49-51(3)70-65-31-26-30-58-29-24-25-48-67(58,65)4/h13-14,24-26,29-35,37-41,43-50,65,70H,5,7,9-12,15-23,27-28H2,1-4H3/b14-13+,51-49+. The number of nitrogens with one attached hydrogen (secondary N) is 1. The average Bonchev–Trinajstić information content (AvgIpc) is 3.37. The largest absolute Gasteiger partial charge is 0.381 e. The van der Waals surface area contributed by atoms with Gasteiger partial charge in [0.05, 0.1) is 11.1 Å². The van der Waals surface area contributed by atoms with Crippen molar-refractivity contribution in [1.82, 2.24) is 5.32 Å². The molecule has 0 spiro atoms. The molecule has 70 heavy (non-hydrogen) atoms. The highest BCUT2D eigenvalue weighted by atomic mass is 35.5. The number of hydrogen-bond acceptors (Lipinski definition) is 1. The van der Waals surface area contributed by atoms with Crippen LogP contribution in [-0.4, -0.2) is 6.04 Å². The van der Waals surface area contributed by atoms with Gasteiger partial charge in [0.25, 0.3) is 0 Å². The average molecular weight is 947 g/mol. The summed E-state index contributed by atoms with van der Waals surface area (Å²) in [6.07, 6.45) is 42.8. The Kier molecular flexibility index (Phi) is 19.8. The lowest BCUT2D eigenvalue weighted by Crippen LogP contribution is -2.42. The predicted molar refractivity (Wildman–Crippen MR) is 301 cm³/mol. The Morgan fingerprint density at radius 3 is 2.11 bits per heavy atom. The van der Waals surface area contributed by atoms with Crippen LogP contribution in [0.4, 0.5) is 4.39 Å². The van der Waals surface area contributed by atoms with Gasteiger partial charge in [0, 0.05) is 39.6 Å². The number of aryl methyl sites for hydroxylation is 2. The Bertz CT molecular complexity index is 2840. The fourth-order valence-electron chi connectivity index (χ4n) is 9.84. The van der Waals surface area contributed by atoms with E-state index in [2.05, 4.69) is 159 Å². The van der Waals surface area contributed by atoms with Gasteiger partial charge in [-0.1, -0.05) is 197 Å². The quantitative estimate of drug-likeness (QED) is 0.0391. The van der Waals surface area contributed by atoms with Crippen LogP contribution in [0, 0.1) is 34.9 Å². The molecule has 2 aliphatic rings. The second-order valence-corrected chi connectivity index (χ2v) is 19.8. The summed E-state index contributed by atoms with van der Waals surface area (Å²) in [7, 11) is 0. The first kappa shape index (κ1) is 51.8. The van der Waals surface area contributed by atoms with Crippen molar-refractivity contribution in [2.24, 2.45) is 5.41 Å². The first-order chi connectivity index (χ1) is 34.3. The van der Waals surface area contributed by atoms with E-state index in [1.54, 1.807) is 6.07 Å². The Labute approximate surface area is 425 Å². The molecule has 0 bridgehead atoms. The first-order valence-electron chi connectivity index (χ1n) is 26.3. The summed E-state index contributed by atoms with van der Waals surface area (Å²) in [5.41, 5.74) is 11.1. The fraction of sp³-hybridized carbons (Fsp3) is 0.343. The van der Waals surface area contributed by atoms with E-state index in [1.807, 2.05) is 43.3 Å². The summed E-state index contributed by atoms with van der Waals surface area (Å²) in [5, 5.41) is 6.51. The van der Waals surface area contributed by atoms with Crippen LogP contribution in [-0.2, 0) is 12.8 Å². The molecule has 7 rings (SSSR count). The Balaban J connectivity index is 1.01. The van der Waals surface area contributed by atoms with Crippen molar-refractivity contribution >= 4 is 28.4 Å². The summed E-state index contributed by atoms with van der Waals surface area (Å²) >= 11 is 7.27. The van der Waals surface area contributed by atoms with Crippen molar-refractivity contribution in [3.63, 3.8) is 0 Å². The Hall–Kier alpha value is -6.06. The number of unbranched alkanes of at least 4 members (excludes halogenated alkanes) is 12. The lowest BCUT2D eigenvalue weighted by molar-refractivity contribution is 0.409. The molecule has 1 nitrogen and oxygen atoms in total. The van der Waals surface area contributed by atoms with Crippen molar-refractivity contribution in [2.75, 3.05) is 0 Å². The van der Waals surface area contributed by atoms with Gasteiger partial charge in [-0.2, -0.15) is 0 Å². The first-order valence-corrected chi connectivity index (χ1v) is 26.6. The number of rotatable bonds is 23. The van der Waals surface area contributed by atoms with Crippen molar-refractivity contribution in [3.8, 4) is 45.9 Å². The van der Waals surface area contributed by atoms with Crippen LogP contribution >= 0.6 is 11.6 Å². The maximum absolute atomic E-state index is 15.5. The highest BCUT2D eigenvalue weighted by Crippen LogP contribution is 2.41. The maximum atomic E-state index is 15.5. The van der Waals surface area contributed by atoms with E-state index in [4.69, 9.17) is 11.6 Å². The second-order valence-electron chi connectivity index (χ2n) is 19.5. The molecule has 2 atom stereocenters. The molecule has 0 aromatic heterocycles. The van der Waals surface area contributed by atoms with E-state index < -0.39 is 0 Å². The van der Waals surface area contributed by atoms with Crippen LogP contribution in [0.25, 0.3) is 39.1 Å². The van der Waals surface area contributed by atoms with Gasteiger partial charge in [-0.3, -0.25) is 0 Å². The monoisotopic (exact) mass is 946 g/mol. The molecule has 2 aliphatic carbocycles. The molecule has 0 radical (unpaired) electrons. The van der Waals surface area contributed by atoms with Crippen LogP contribution in [0.2, 0.25) is 5.02 Å². The SMILES string of the molecule is CC#CCCCCc1ccc(-c2ccc3c(Cl)c(C#Cc4ccc(-c5ccc(CCCCCCCC/C=C/CCCCCC)cc5F)cc4)ccc3c2/C=C(\C)NC2C=CC=C3C=CC=CC32C)cc1. The minimum Gasteiger partial charge on any atom is -0.381 e. The van der Waals surface area contributed by atoms with Gasteiger partial charge in [0.2, 0.25) is 0 Å². The molecule has 5 aromatic rings. The van der Waals surface area contributed by atoms with E-state index >= 15 is 4.39 Å². The highest BCUT2D eigenvalue weighted by Gasteiger charge is 2.35. The number of benzene rings is 5. The molecule has 0 saturated heterocycles. The normalized spacial score (nSPS) is 16.2. The fourth-order valence-corrected chi connectivity index (χ4v) is 10.1. The molecule has 1 N–H and O–H groups in total. The minimum absolute atomic E-state index is 0.0947. The lowest BCUT2D eigenvalue weighted by Gasteiger charge is -2.39. The molecule has 0 fully saturated rings. The predicted octanol–water partition coefficient (Wildman–Crippen LogP) is 18.8. The van der Waals surface area contributed by atoms with Crippen LogP contribution < -0.4 is 5.32 Å². The van der Waals surface area contributed by atoms with E-state index in [0.717, 1.165) is 93.9 Å². The van der Waals surface area contributed by atoms with Crippen LogP contribution in [0.1, 0.15) is 152 Å². The number of allylic oxidation sites excluding steroid dienone is 8. The third kappa shape index (κ3) is 14.3. The van der Waals surface area contributed by atoms with Gasteiger partial charge < -0.3 is 5.32 Å². The summed E-state index contributed by atoms with van der Waals surface area (Å²) in [5.74, 6) is 12.7. The third-order valence-electron chi connectivity index (χ3n) is 14.1. The van der Waals surface area contributed by atoms with Gasteiger partial charge in [-0.25, -0.2) is 4.39 Å². The number of hydrogen-bond donors (Lipinski definition) is 1. The molecular formula is C67H73ClFN. The van der Waals surface area contributed by atoms with Gasteiger partial charge in [-0.15, -0.1) is 11.8 Å². The molecule has 0 saturated carbocycles. The summed E-state index contributed by atoms with van der Waals surface area (Å²) in [6, 6.07) is 31.2. The molecule has 0 amide bonds. The zero-order valence-corrected chi connectivity index (χ0v) is 43.0. The van der Waals surface area contributed by atoms with Crippen LogP contribution in [0.5, 0.6) is 0 Å². The van der Waals surface area contributed by atoms with Crippen molar-refractivity contribution in [2.45, 2.75) is 143 Å². The topological polar surface area (TPSA) is 12.0 Å². The van der Waals surface area contributed by atoms with E-state index in [0.29, 0.717) is 10.6 Å². The van der Waals surface area contributed by atoms with Gasteiger partial charge in [0.1, 0.15) is 5.82 Å². The summed E-state index contributed by atoms with van der Waals surface area (Å²) in [4.78, 5) is 0. The molecule has 360 valence electrons. The highest BCUT2D eigenvalue weighted by molar-refractivity contribution is 6.37. The number of fused-ring (bicyclic) bond motifs is 2. The second kappa shape index (κ2) is 26.8. The molecule has 3 heteroatoms. The van der Waals surface area contributed by atoms with Gasteiger partial charge >= 0.3 is 0 Å². The van der Waals surface area contributed by atoms with E-state index in [-0.39, 0.29) is 17.3 Å². The smallest absolute Gasteiger partial charge is 0.131 e. The summed E-state index contributed by atoms with van der Waals surface area (Å²) < 4.78 is 15.5. The van der Waals surface area contributed by atoms with Gasteiger partial charge in [0.15, 0.2) is 0 Å². The van der Waals surface area contributed by atoms with Crippen molar-refractivity contribution in [1.29, 1.82) is 0 Å². The Morgan fingerprint density at radius 1 is 0.700 bits per heavy atom. The Morgan fingerprint density at radius 2 is 1.36 bits per heavy atom. The minimum atomic E-state index is -0.174.